The van der Waals surface area contributed by atoms with Crippen LogP contribution in [0, 0.1) is 11.3 Å². The number of carbonyl (C=O) groups is 1. The molecule has 1 amide bonds. The summed E-state index contributed by atoms with van der Waals surface area (Å²) in [5.41, 5.74) is 5.58. The van der Waals surface area contributed by atoms with Gasteiger partial charge in [0.15, 0.2) is 0 Å². The highest BCUT2D eigenvalue weighted by atomic mass is 16.2. The summed E-state index contributed by atoms with van der Waals surface area (Å²) < 4.78 is 0. The van der Waals surface area contributed by atoms with Crippen molar-refractivity contribution < 1.29 is 4.79 Å². The SMILES string of the molecule is CCCC1CC1NC(=O)C1(CN)CCCC1. The summed E-state index contributed by atoms with van der Waals surface area (Å²) in [5.74, 6) is 0.973. The van der Waals surface area contributed by atoms with E-state index in [-0.39, 0.29) is 11.3 Å². The number of carbonyl (C=O) groups excluding carboxylic acids is 1. The van der Waals surface area contributed by atoms with Crippen LogP contribution in [-0.4, -0.2) is 18.5 Å². The molecule has 0 bridgehead atoms. The molecule has 0 aromatic heterocycles. The van der Waals surface area contributed by atoms with Crippen LogP contribution in [0.25, 0.3) is 0 Å². The van der Waals surface area contributed by atoms with Gasteiger partial charge in [-0.1, -0.05) is 26.2 Å². The summed E-state index contributed by atoms with van der Waals surface area (Å²) in [6, 6.07) is 0.455. The van der Waals surface area contributed by atoms with Crippen LogP contribution in [0.1, 0.15) is 51.9 Å². The standard InChI is InChI=1S/C13H24N2O/c1-2-5-10-8-11(10)15-12(16)13(9-14)6-3-4-7-13/h10-11H,2-9,14H2,1H3,(H,15,16). The highest BCUT2D eigenvalue weighted by Gasteiger charge is 2.44. The lowest BCUT2D eigenvalue weighted by atomic mass is 9.85. The fourth-order valence-corrected chi connectivity index (χ4v) is 3.01. The van der Waals surface area contributed by atoms with E-state index in [1.54, 1.807) is 0 Å². The highest BCUT2D eigenvalue weighted by molar-refractivity contribution is 5.83. The third-order valence-electron chi connectivity index (χ3n) is 4.33. The minimum atomic E-state index is -0.223. The molecule has 92 valence electrons. The largest absolute Gasteiger partial charge is 0.353 e. The number of nitrogens with one attached hydrogen (secondary N) is 1. The first-order valence-electron chi connectivity index (χ1n) is 6.73. The minimum Gasteiger partial charge on any atom is -0.353 e. The van der Waals surface area contributed by atoms with Crippen LogP contribution in [0.5, 0.6) is 0 Å². The Morgan fingerprint density at radius 3 is 2.69 bits per heavy atom. The first-order chi connectivity index (χ1) is 7.72. The number of rotatable bonds is 5. The van der Waals surface area contributed by atoms with Crippen LogP contribution >= 0.6 is 0 Å². The van der Waals surface area contributed by atoms with E-state index < -0.39 is 0 Å². The summed E-state index contributed by atoms with van der Waals surface area (Å²) in [4.78, 5) is 12.2. The minimum absolute atomic E-state index is 0.223. The van der Waals surface area contributed by atoms with Crippen LogP contribution in [-0.2, 0) is 4.79 Å². The second-order valence-electron chi connectivity index (χ2n) is 5.56. The molecule has 0 saturated heterocycles. The maximum absolute atomic E-state index is 12.2. The molecule has 3 nitrogen and oxygen atoms in total. The zero-order valence-electron chi connectivity index (χ0n) is 10.3. The van der Waals surface area contributed by atoms with Gasteiger partial charge in [-0.3, -0.25) is 4.79 Å². The van der Waals surface area contributed by atoms with Gasteiger partial charge >= 0.3 is 0 Å². The van der Waals surface area contributed by atoms with Gasteiger partial charge in [0.25, 0.3) is 0 Å². The van der Waals surface area contributed by atoms with Crippen molar-refractivity contribution in [2.45, 2.75) is 57.9 Å². The highest BCUT2D eigenvalue weighted by Crippen LogP contribution is 2.40. The van der Waals surface area contributed by atoms with Crippen molar-refractivity contribution in [2.24, 2.45) is 17.1 Å². The number of hydrogen-bond donors (Lipinski definition) is 2. The monoisotopic (exact) mass is 224 g/mol. The maximum atomic E-state index is 12.2. The van der Waals surface area contributed by atoms with Gasteiger partial charge in [0.2, 0.25) is 5.91 Å². The molecule has 2 aliphatic carbocycles. The predicted octanol–water partition coefficient (Wildman–Crippen LogP) is 1.81. The van der Waals surface area contributed by atoms with E-state index in [0.29, 0.717) is 12.6 Å². The molecule has 2 saturated carbocycles. The topological polar surface area (TPSA) is 55.1 Å². The second kappa shape index (κ2) is 4.74. The number of hydrogen-bond acceptors (Lipinski definition) is 2. The Balaban J connectivity index is 1.83. The van der Waals surface area contributed by atoms with Gasteiger partial charge in [-0.15, -0.1) is 0 Å². The Morgan fingerprint density at radius 1 is 1.44 bits per heavy atom. The molecule has 0 aliphatic heterocycles. The predicted molar refractivity (Wildman–Crippen MR) is 64.9 cm³/mol. The molecular formula is C13H24N2O. The van der Waals surface area contributed by atoms with Crippen LogP contribution in [0.3, 0.4) is 0 Å². The molecule has 2 rings (SSSR count). The van der Waals surface area contributed by atoms with Gasteiger partial charge in [-0.2, -0.15) is 0 Å². The molecule has 3 N–H and O–H groups in total. The molecule has 0 spiro atoms. The van der Waals surface area contributed by atoms with E-state index in [4.69, 9.17) is 5.73 Å². The molecule has 2 unspecified atom stereocenters. The van der Waals surface area contributed by atoms with Crippen molar-refractivity contribution in [3.63, 3.8) is 0 Å². The van der Waals surface area contributed by atoms with E-state index >= 15 is 0 Å². The van der Waals surface area contributed by atoms with Gasteiger partial charge < -0.3 is 11.1 Å². The summed E-state index contributed by atoms with van der Waals surface area (Å²) in [5, 5.41) is 3.20. The Kier molecular flexibility index (Phi) is 3.53. The summed E-state index contributed by atoms with van der Waals surface area (Å²) in [6.45, 7) is 2.72. The molecular weight excluding hydrogens is 200 g/mol. The van der Waals surface area contributed by atoms with E-state index in [0.717, 1.165) is 31.6 Å². The normalized spacial score (nSPS) is 31.4. The maximum Gasteiger partial charge on any atom is 0.227 e. The van der Waals surface area contributed by atoms with E-state index in [9.17, 15) is 4.79 Å². The Bertz CT molecular complexity index is 259. The smallest absolute Gasteiger partial charge is 0.227 e. The van der Waals surface area contributed by atoms with Crippen LogP contribution < -0.4 is 11.1 Å². The fourth-order valence-electron chi connectivity index (χ4n) is 3.01. The molecule has 2 atom stereocenters. The van der Waals surface area contributed by atoms with Crippen molar-refractivity contribution in [3.8, 4) is 0 Å². The quantitative estimate of drug-likeness (QED) is 0.748. The van der Waals surface area contributed by atoms with Crippen LogP contribution in [0.2, 0.25) is 0 Å². The number of nitrogens with two attached hydrogens (primary N) is 1. The molecule has 0 radical (unpaired) electrons. The Labute approximate surface area is 98.2 Å². The lowest BCUT2D eigenvalue weighted by Crippen LogP contribution is -2.45. The molecule has 0 heterocycles. The summed E-state index contributed by atoms with van der Waals surface area (Å²) in [7, 11) is 0. The molecule has 0 aromatic rings. The number of amides is 1. The Morgan fingerprint density at radius 2 is 2.12 bits per heavy atom. The third-order valence-corrected chi connectivity index (χ3v) is 4.33. The first-order valence-corrected chi connectivity index (χ1v) is 6.73. The van der Waals surface area contributed by atoms with Gasteiger partial charge in [0, 0.05) is 12.6 Å². The molecule has 0 aromatic carbocycles. The van der Waals surface area contributed by atoms with Gasteiger partial charge in [-0.25, -0.2) is 0 Å². The second-order valence-corrected chi connectivity index (χ2v) is 5.56. The average molecular weight is 224 g/mol. The lowest BCUT2D eigenvalue weighted by molar-refractivity contribution is -0.130. The molecule has 2 fully saturated rings. The molecule has 3 heteroatoms. The summed E-state index contributed by atoms with van der Waals surface area (Å²) in [6.07, 6.45) is 7.95. The average Bonchev–Trinajstić information content (AvgIpc) is 2.84. The van der Waals surface area contributed by atoms with E-state index in [1.165, 1.54) is 19.3 Å². The zero-order chi connectivity index (χ0) is 11.6. The molecule has 2 aliphatic rings. The summed E-state index contributed by atoms with van der Waals surface area (Å²) >= 11 is 0. The van der Waals surface area contributed by atoms with E-state index in [1.807, 2.05) is 0 Å². The third kappa shape index (κ3) is 2.24. The van der Waals surface area contributed by atoms with Gasteiger partial charge in [-0.05, 0) is 31.6 Å². The van der Waals surface area contributed by atoms with E-state index in [2.05, 4.69) is 12.2 Å². The van der Waals surface area contributed by atoms with Crippen molar-refractivity contribution in [1.82, 2.24) is 5.32 Å². The fraction of sp³-hybridized carbons (Fsp3) is 0.923. The Hall–Kier alpha value is -0.570. The van der Waals surface area contributed by atoms with Crippen molar-refractivity contribution in [2.75, 3.05) is 6.54 Å². The van der Waals surface area contributed by atoms with Gasteiger partial charge in [0.05, 0.1) is 5.41 Å². The van der Waals surface area contributed by atoms with Crippen LogP contribution in [0.4, 0.5) is 0 Å². The lowest BCUT2D eigenvalue weighted by Gasteiger charge is -2.25. The zero-order valence-corrected chi connectivity index (χ0v) is 10.3. The van der Waals surface area contributed by atoms with Gasteiger partial charge in [0.1, 0.15) is 0 Å². The van der Waals surface area contributed by atoms with Crippen LogP contribution in [0.15, 0.2) is 0 Å². The van der Waals surface area contributed by atoms with Crippen molar-refractivity contribution in [3.05, 3.63) is 0 Å². The molecule has 16 heavy (non-hydrogen) atoms. The van der Waals surface area contributed by atoms with Crippen molar-refractivity contribution in [1.29, 1.82) is 0 Å². The van der Waals surface area contributed by atoms with Crippen molar-refractivity contribution >= 4 is 5.91 Å². The first kappa shape index (κ1) is 11.9.